The zero-order valence-electron chi connectivity index (χ0n) is 9.42. The van der Waals surface area contributed by atoms with Crippen LogP contribution in [0.3, 0.4) is 0 Å². The molecule has 1 aromatic carbocycles. The molecule has 83 valence electrons. The second kappa shape index (κ2) is 5.41. The molecule has 0 heterocycles. The van der Waals surface area contributed by atoms with Gasteiger partial charge in [-0.15, -0.1) is 17.2 Å². The smallest absolute Gasteiger partial charge is 0.551 e. The summed E-state index contributed by atoms with van der Waals surface area (Å²) in [7, 11) is 0. The molecule has 0 fully saturated rings. The topological polar surface area (TPSA) is 37.3 Å². The number of carbonyl (C=O) groups is 1. The van der Waals surface area contributed by atoms with Gasteiger partial charge in [0.2, 0.25) is 0 Å². The fourth-order valence-corrected chi connectivity index (χ4v) is 1.37. The molecule has 0 aliphatic rings. The summed E-state index contributed by atoms with van der Waals surface area (Å²) in [4.78, 5) is 11.5. The zero-order valence-corrected chi connectivity index (χ0v) is 11.2. The molecule has 0 spiro atoms. The molecule has 0 aromatic heterocycles. The van der Waals surface area contributed by atoms with Crippen LogP contribution < -0.4 is 0 Å². The molecule has 0 unspecified atom stereocenters. The number of Topliss-reactive ketones (excluding diaryl/α,β-unsaturated/α-hetero) is 1. The van der Waals surface area contributed by atoms with Gasteiger partial charge in [0.1, 0.15) is 0 Å². The fraction of sp³-hybridized carbons (Fsp3) is 0.417. The minimum absolute atomic E-state index is 0. The van der Waals surface area contributed by atoms with Crippen molar-refractivity contribution in [2.75, 3.05) is 0 Å². The minimum atomic E-state index is -0.0614. The molecular formula is C12H15O2Ru. The standard InChI is InChI=1S/C12H15O2.Ru/c1-5-11(13)10-6-7(2)8(3)9(4)12(10)14;/h14H,5H2,1-4H3;/q-1;+1. The first-order valence-corrected chi connectivity index (χ1v) is 4.74. The molecule has 1 N–H and O–H groups in total. The van der Waals surface area contributed by atoms with Gasteiger partial charge >= 0.3 is 19.5 Å². The van der Waals surface area contributed by atoms with Crippen LogP contribution in [0.2, 0.25) is 0 Å². The Labute approximate surface area is 103 Å². The zero-order chi connectivity index (χ0) is 10.9. The van der Waals surface area contributed by atoms with Crippen molar-refractivity contribution in [2.24, 2.45) is 0 Å². The van der Waals surface area contributed by atoms with E-state index >= 15 is 0 Å². The van der Waals surface area contributed by atoms with Gasteiger partial charge in [-0.3, -0.25) is 0 Å². The van der Waals surface area contributed by atoms with Crippen molar-refractivity contribution in [2.45, 2.75) is 34.1 Å². The fourth-order valence-electron chi connectivity index (χ4n) is 1.37. The predicted molar refractivity (Wildman–Crippen MR) is 55.8 cm³/mol. The number of aromatic hydroxyl groups is 1. The Kier molecular flexibility index (Phi) is 5.16. The first-order valence-electron chi connectivity index (χ1n) is 4.74. The van der Waals surface area contributed by atoms with E-state index in [1.807, 2.05) is 20.8 Å². The van der Waals surface area contributed by atoms with E-state index in [2.05, 4.69) is 6.07 Å². The number of benzene rings is 1. The van der Waals surface area contributed by atoms with E-state index in [9.17, 15) is 9.90 Å². The average Bonchev–Trinajstić information content (AvgIpc) is 2.19. The monoisotopic (exact) mass is 293 g/mol. The predicted octanol–water partition coefficient (Wildman–Crippen LogP) is 2.71. The summed E-state index contributed by atoms with van der Waals surface area (Å²) < 4.78 is 0. The summed E-state index contributed by atoms with van der Waals surface area (Å²) in [5.41, 5.74) is 3.03. The number of ketones is 1. The van der Waals surface area contributed by atoms with Crippen LogP contribution in [0.15, 0.2) is 0 Å². The first kappa shape index (κ1) is 14.3. The number of phenols is 1. The maximum absolute atomic E-state index is 11.5. The molecule has 0 saturated heterocycles. The van der Waals surface area contributed by atoms with Gasteiger partial charge in [0.05, 0.1) is 5.78 Å². The molecule has 0 bridgehead atoms. The third kappa shape index (κ3) is 2.66. The van der Waals surface area contributed by atoms with Gasteiger partial charge in [-0.2, -0.15) is 0 Å². The van der Waals surface area contributed by atoms with Gasteiger partial charge in [-0.05, 0) is 6.42 Å². The summed E-state index contributed by atoms with van der Waals surface area (Å²) in [5, 5.41) is 9.75. The largest absolute Gasteiger partial charge is 1.00 e. The molecule has 0 aliphatic carbocycles. The molecule has 0 amide bonds. The molecular weight excluding hydrogens is 277 g/mol. The van der Waals surface area contributed by atoms with E-state index in [0.29, 0.717) is 12.0 Å². The van der Waals surface area contributed by atoms with Crippen molar-refractivity contribution in [3.8, 4) is 5.75 Å². The van der Waals surface area contributed by atoms with Crippen molar-refractivity contribution in [3.05, 3.63) is 28.3 Å². The molecule has 2 nitrogen and oxygen atoms in total. The van der Waals surface area contributed by atoms with Gasteiger partial charge < -0.3 is 9.90 Å². The summed E-state index contributed by atoms with van der Waals surface area (Å²) in [5.74, 6) is 0.0219. The Bertz CT molecular complexity index is 384. The minimum Gasteiger partial charge on any atom is -0.551 e. The van der Waals surface area contributed by atoms with Crippen LogP contribution in [0.25, 0.3) is 0 Å². The van der Waals surface area contributed by atoms with E-state index in [1.54, 1.807) is 6.92 Å². The molecule has 0 saturated carbocycles. The molecule has 1 radical (unpaired) electrons. The number of phenolic OH excluding ortho intramolecular Hbond substituents is 1. The normalized spacial score (nSPS) is 9.60. The molecule has 1 rings (SSSR count). The SMILES string of the molecule is CCC(=O)c1[c-]c(C)c(C)c(C)c1O.[Ru+]. The number of rotatable bonds is 2. The van der Waals surface area contributed by atoms with Crippen molar-refractivity contribution >= 4 is 5.78 Å². The van der Waals surface area contributed by atoms with Crippen molar-refractivity contribution in [1.29, 1.82) is 0 Å². The second-order valence-corrected chi connectivity index (χ2v) is 3.50. The maximum Gasteiger partial charge on any atom is 1.00 e. The average molecular weight is 292 g/mol. The van der Waals surface area contributed by atoms with Crippen molar-refractivity contribution < 1.29 is 29.4 Å². The molecule has 15 heavy (non-hydrogen) atoms. The Hall–Kier alpha value is -0.687. The second-order valence-electron chi connectivity index (χ2n) is 3.50. The van der Waals surface area contributed by atoms with Gasteiger partial charge in [-0.1, -0.05) is 38.8 Å². The van der Waals surface area contributed by atoms with Gasteiger partial charge in [0.15, 0.2) is 0 Å². The Morgan fingerprint density at radius 2 is 1.80 bits per heavy atom. The van der Waals surface area contributed by atoms with Crippen molar-refractivity contribution in [3.63, 3.8) is 0 Å². The molecule has 1 aromatic rings. The van der Waals surface area contributed by atoms with Crippen LogP contribution in [0.5, 0.6) is 5.75 Å². The van der Waals surface area contributed by atoms with Gasteiger partial charge in [0, 0.05) is 5.75 Å². The third-order valence-corrected chi connectivity index (χ3v) is 2.63. The van der Waals surface area contributed by atoms with E-state index in [1.165, 1.54) is 0 Å². The van der Waals surface area contributed by atoms with Crippen LogP contribution in [0.1, 0.15) is 40.4 Å². The van der Waals surface area contributed by atoms with Crippen LogP contribution in [0.4, 0.5) is 0 Å². The Morgan fingerprint density at radius 3 is 2.27 bits per heavy atom. The quantitative estimate of drug-likeness (QED) is 0.517. The third-order valence-electron chi connectivity index (χ3n) is 2.63. The van der Waals surface area contributed by atoms with Gasteiger partial charge in [0.25, 0.3) is 0 Å². The van der Waals surface area contributed by atoms with E-state index in [-0.39, 0.29) is 31.0 Å². The van der Waals surface area contributed by atoms with E-state index < -0.39 is 0 Å². The van der Waals surface area contributed by atoms with Crippen LogP contribution in [-0.4, -0.2) is 10.9 Å². The van der Waals surface area contributed by atoms with Gasteiger partial charge in [-0.25, -0.2) is 0 Å². The van der Waals surface area contributed by atoms with Crippen LogP contribution >= 0.6 is 0 Å². The molecule has 0 aliphatic heterocycles. The number of aryl methyl sites for hydroxylation is 1. The maximum atomic E-state index is 11.5. The van der Waals surface area contributed by atoms with Crippen molar-refractivity contribution in [1.82, 2.24) is 0 Å². The van der Waals surface area contributed by atoms with E-state index in [0.717, 1.165) is 16.7 Å². The Balaban J connectivity index is 0.00000196. The summed E-state index contributed by atoms with van der Waals surface area (Å²) in [6, 6.07) is 2.94. The first-order chi connectivity index (χ1) is 6.49. The van der Waals surface area contributed by atoms with Crippen LogP contribution in [-0.2, 0) is 19.5 Å². The molecule has 3 heteroatoms. The Morgan fingerprint density at radius 1 is 1.27 bits per heavy atom. The number of hydrogen-bond donors (Lipinski definition) is 1. The van der Waals surface area contributed by atoms with E-state index in [4.69, 9.17) is 0 Å². The molecule has 0 atom stereocenters. The number of hydrogen-bond acceptors (Lipinski definition) is 2. The summed E-state index contributed by atoms with van der Waals surface area (Å²) in [6.07, 6.45) is 0.395. The van der Waals surface area contributed by atoms with Crippen LogP contribution in [0, 0.1) is 26.8 Å². The number of carbonyl (C=O) groups excluding carboxylic acids is 1. The summed E-state index contributed by atoms with van der Waals surface area (Å²) in [6.45, 7) is 7.41. The summed E-state index contributed by atoms with van der Waals surface area (Å²) >= 11 is 0.